The van der Waals surface area contributed by atoms with Gasteiger partial charge in [-0.1, -0.05) is 20.3 Å². The van der Waals surface area contributed by atoms with Gasteiger partial charge in [0.05, 0.1) is 0 Å². The fraction of sp³-hybridized carbons (Fsp3) is 0.727. The first-order valence-electron chi connectivity index (χ1n) is 11.8. The van der Waals surface area contributed by atoms with Gasteiger partial charge >= 0.3 is 5.97 Å². The van der Waals surface area contributed by atoms with Crippen LogP contribution in [0.1, 0.15) is 53.4 Å². The number of nitrogens with two attached hydrogens (primary N) is 2. The number of rotatable bonds is 17. The van der Waals surface area contributed by atoms with Gasteiger partial charge in [0.25, 0.3) is 0 Å². The van der Waals surface area contributed by atoms with Crippen LogP contribution in [0.25, 0.3) is 0 Å². The fourth-order valence-electron chi connectivity index (χ4n) is 3.14. The van der Waals surface area contributed by atoms with E-state index >= 15 is 0 Å². The molecule has 4 amide bonds. The monoisotopic (exact) mass is 531 g/mol. The van der Waals surface area contributed by atoms with Gasteiger partial charge in [0.15, 0.2) is 5.96 Å². The molecule has 13 nitrogen and oxygen atoms in total. The maximum absolute atomic E-state index is 12.9. The Balaban J connectivity index is 5.32. The number of carbonyl (C=O) groups excluding carboxylic acids is 4. The highest BCUT2D eigenvalue weighted by Crippen LogP contribution is 2.09. The van der Waals surface area contributed by atoms with Gasteiger partial charge in [-0.25, -0.2) is 4.79 Å². The van der Waals surface area contributed by atoms with E-state index in [0.29, 0.717) is 18.6 Å². The minimum Gasteiger partial charge on any atom is -0.480 e. The number of nitrogens with zero attached hydrogens (tertiary/aromatic N) is 1. The van der Waals surface area contributed by atoms with Crippen LogP contribution in [0.15, 0.2) is 4.99 Å². The molecule has 0 spiro atoms. The normalized spacial score (nSPS) is 14.8. The molecule has 0 rings (SSSR count). The molecule has 0 aliphatic rings. The lowest BCUT2D eigenvalue weighted by Gasteiger charge is -2.25. The first-order valence-corrected chi connectivity index (χ1v) is 13.2. The van der Waals surface area contributed by atoms with Crippen LogP contribution in [0, 0.1) is 5.92 Å². The van der Waals surface area contributed by atoms with Gasteiger partial charge in [0.2, 0.25) is 23.6 Å². The fourth-order valence-corrected chi connectivity index (χ4v) is 3.61. The number of amides is 4. The van der Waals surface area contributed by atoms with Gasteiger partial charge in [0.1, 0.15) is 24.2 Å². The molecule has 14 heteroatoms. The van der Waals surface area contributed by atoms with Crippen molar-refractivity contribution in [2.45, 2.75) is 77.5 Å². The smallest absolute Gasteiger partial charge is 0.326 e. The van der Waals surface area contributed by atoms with Gasteiger partial charge in [-0.2, -0.15) is 11.8 Å². The van der Waals surface area contributed by atoms with E-state index in [4.69, 9.17) is 11.5 Å². The lowest BCUT2D eigenvalue weighted by Crippen LogP contribution is -2.57. The van der Waals surface area contributed by atoms with E-state index in [1.165, 1.54) is 25.6 Å². The van der Waals surface area contributed by atoms with Crippen molar-refractivity contribution in [3.63, 3.8) is 0 Å². The Bertz CT molecular complexity index is 791. The lowest BCUT2D eigenvalue weighted by molar-refractivity contribution is -0.143. The summed E-state index contributed by atoms with van der Waals surface area (Å²) < 4.78 is 0. The summed E-state index contributed by atoms with van der Waals surface area (Å²) in [6.07, 6.45) is 3.32. The third kappa shape index (κ3) is 13.2. The molecule has 0 aliphatic carbocycles. The summed E-state index contributed by atoms with van der Waals surface area (Å²) in [6.45, 7) is 6.49. The van der Waals surface area contributed by atoms with E-state index < -0.39 is 53.8 Å². The second-order valence-electron chi connectivity index (χ2n) is 8.48. The van der Waals surface area contributed by atoms with Crippen LogP contribution < -0.4 is 32.7 Å². The van der Waals surface area contributed by atoms with Crippen molar-refractivity contribution < 1.29 is 29.1 Å². The van der Waals surface area contributed by atoms with Crippen molar-refractivity contribution in [2.75, 3.05) is 18.6 Å². The zero-order valence-electron chi connectivity index (χ0n) is 21.6. The number of carbonyl (C=O) groups is 5. The molecule has 0 aliphatic heterocycles. The van der Waals surface area contributed by atoms with Crippen LogP contribution in [0.3, 0.4) is 0 Å². The summed E-state index contributed by atoms with van der Waals surface area (Å²) in [5, 5.41) is 19.6. The molecule has 0 fully saturated rings. The molecule has 0 aromatic carbocycles. The SMILES string of the molecule is CC[C@H](C)[C@H](NC(=O)[C@H](C)NC(=O)[C@H](CCSC)NC(=O)[C@H](CCCN=C(N)N)NC(C)=O)C(=O)O. The average molecular weight is 532 g/mol. The van der Waals surface area contributed by atoms with Crippen molar-refractivity contribution in [1.29, 1.82) is 0 Å². The molecule has 206 valence electrons. The van der Waals surface area contributed by atoms with Gasteiger partial charge in [-0.3, -0.25) is 24.2 Å². The predicted molar refractivity (Wildman–Crippen MR) is 139 cm³/mol. The third-order valence-corrected chi connectivity index (χ3v) is 6.06. The minimum atomic E-state index is -1.16. The highest BCUT2D eigenvalue weighted by atomic mass is 32.2. The molecule has 0 unspecified atom stereocenters. The number of hydrogen-bond donors (Lipinski definition) is 7. The first-order chi connectivity index (χ1) is 16.8. The Labute approximate surface area is 216 Å². The van der Waals surface area contributed by atoms with E-state index in [1.54, 1.807) is 6.92 Å². The standard InChI is InChI=1S/C22H41N7O6S/c1-6-12(2)17(21(34)35)29-18(31)13(3)26-19(32)16(9-11-36-5)28-20(33)15(27-14(4)30)8-7-10-25-22(23)24/h12-13,15-17H,6-11H2,1-5H3,(H,26,32)(H,27,30)(H,28,33)(H,29,31)(H,34,35)(H4,23,24,25)/t12-,13-,15-,16-,17-/m0/s1. The van der Waals surface area contributed by atoms with E-state index in [9.17, 15) is 29.1 Å². The number of carboxylic acids is 1. The first kappa shape index (κ1) is 33.0. The van der Waals surface area contributed by atoms with Crippen molar-refractivity contribution >= 4 is 47.3 Å². The second-order valence-corrected chi connectivity index (χ2v) is 9.47. The summed E-state index contributed by atoms with van der Waals surface area (Å²) in [5.74, 6) is -3.23. The second kappa shape index (κ2) is 17.4. The molecule has 9 N–H and O–H groups in total. The topological polar surface area (TPSA) is 218 Å². The van der Waals surface area contributed by atoms with E-state index in [-0.39, 0.29) is 31.3 Å². The number of aliphatic carboxylic acids is 1. The van der Waals surface area contributed by atoms with Crippen LogP contribution in [0.5, 0.6) is 0 Å². The van der Waals surface area contributed by atoms with Crippen LogP contribution in [-0.4, -0.2) is 83.4 Å². The molecule has 5 atom stereocenters. The Morgan fingerprint density at radius 1 is 0.917 bits per heavy atom. The van der Waals surface area contributed by atoms with E-state index in [2.05, 4.69) is 26.3 Å². The molecule has 0 heterocycles. The zero-order chi connectivity index (χ0) is 27.8. The zero-order valence-corrected chi connectivity index (χ0v) is 22.4. The Hall–Kier alpha value is -3.03. The number of carboxylic acid groups (broad SMARTS) is 1. The molecule has 36 heavy (non-hydrogen) atoms. The summed E-state index contributed by atoms with van der Waals surface area (Å²) in [6, 6.07) is -4.01. The van der Waals surface area contributed by atoms with Gasteiger partial charge in [0, 0.05) is 13.5 Å². The lowest BCUT2D eigenvalue weighted by atomic mass is 9.99. The minimum absolute atomic E-state index is 0.0821. The van der Waals surface area contributed by atoms with Gasteiger partial charge < -0.3 is 37.8 Å². The highest BCUT2D eigenvalue weighted by molar-refractivity contribution is 7.98. The molecule has 0 aromatic heterocycles. The summed E-state index contributed by atoms with van der Waals surface area (Å²) >= 11 is 1.47. The highest BCUT2D eigenvalue weighted by Gasteiger charge is 2.30. The van der Waals surface area contributed by atoms with Crippen LogP contribution in [0.2, 0.25) is 0 Å². The number of nitrogens with one attached hydrogen (secondary N) is 4. The molecule has 0 bridgehead atoms. The number of aliphatic imine (C=N–C) groups is 1. The summed E-state index contributed by atoms with van der Waals surface area (Å²) in [7, 11) is 0. The van der Waals surface area contributed by atoms with Crippen molar-refractivity contribution in [3.05, 3.63) is 0 Å². The Morgan fingerprint density at radius 3 is 2.00 bits per heavy atom. The number of guanidine groups is 1. The van der Waals surface area contributed by atoms with Crippen LogP contribution >= 0.6 is 11.8 Å². The maximum atomic E-state index is 12.9. The molecule has 0 radical (unpaired) electrons. The number of thioether (sulfide) groups is 1. The van der Waals surface area contributed by atoms with E-state index in [0.717, 1.165) is 0 Å². The largest absolute Gasteiger partial charge is 0.480 e. The Kier molecular flexibility index (Phi) is 15.9. The predicted octanol–water partition coefficient (Wildman–Crippen LogP) is -1.10. The maximum Gasteiger partial charge on any atom is 0.326 e. The van der Waals surface area contributed by atoms with Crippen molar-refractivity contribution in [2.24, 2.45) is 22.4 Å². The molecule has 0 aromatic rings. The van der Waals surface area contributed by atoms with Crippen LogP contribution in [0.4, 0.5) is 0 Å². The average Bonchev–Trinajstić information content (AvgIpc) is 2.80. The quantitative estimate of drug-likeness (QED) is 0.0687. The van der Waals surface area contributed by atoms with Crippen molar-refractivity contribution in [1.82, 2.24) is 21.3 Å². The summed E-state index contributed by atoms with van der Waals surface area (Å²) in [4.78, 5) is 65.3. The molecule has 0 saturated heterocycles. The van der Waals surface area contributed by atoms with Gasteiger partial charge in [-0.05, 0) is 44.1 Å². The van der Waals surface area contributed by atoms with Crippen LogP contribution in [-0.2, 0) is 24.0 Å². The molecular weight excluding hydrogens is 490 g/mol. The van der Waals surface area contributed by atoms with E-state index in [1.807, 2.05) is 13.2 Å². The Morgan fingerprint density at radius 2 is 1.50 bits per heavy atom. The molecular formula is C22H41N7O6S. The third-order valence-electron chi connectivity index (χ3n) is 5.41. The van der Waals surface area contributed by atoms with Crippen molar-refractivity contribution in [3.8, 4) is 0 Å². The van der Waals surface area contributed by atoms with Gasteiger partial charge in [-0.15, -0.1) is 0 Å². The summed E-state index contributed by atoms with van der Waals surface area (Å²) in [5.41, 5.74) is 10.6. The number of hydrogen-bond acceptors (Lipinski definition) is 7. The molecule has 0 saturated carbocycles.